The van der Waals surface area contributed by atoms with Gasteiger partial charge in [0, 0.05) is 13.1 Å². The lowest BCUT2D eigenvalue weighted by atomic mass is 10.2. The van der Waals surface area contributed by atoms with E-state index in [0.29, 0.717) is 30.9 Å². The number of hydrogen-bond acceptors (Lipinski definition) is 7. The van der Waals surface area contributed by atoms with Crippen molar-refractivity contribution in [2.75, 3.05) is 12.4 Å². The molecule has 0 saturated carbocycles. The smallest absolute Gasteiger partial charge is 0.304 e. The molecule has 2 aromatic heterocycles. The Morgan fingerprint density at radius 2 is 1.86 bits per heavy atom. The van der Waals surface area contributed by atoms with E-state index in [1.807, 2.05) is 43.3 Å². The zero-order valence-corrected chi connectivity index (χ0v) is 16.5. The van der Waals surface area contributed by atoms with E-state index in [4.69, 9.17) is 15.5 Å². The molecule has 8 nitrogen and oxygen atoms in total. The van der Waals surface area contributed by atoms with E-state index in [0.717, 1.165) is 34.3 Å². The summed E-state index contributed by atoms with van der Waals surface area (Å²) in [5, 5.41) is 12.1. The van der Waals surface area contributed by atoms with Crippen LogP contribution in [0.4, 0.5) is 5.82 Å². The molecule has 0 aliphatic carbocycles. The van der Waals surface area contributed by atoms with Crippen LogP contribution in [0.25, 0.3) is 17.0 Å². The molecule has 4 aromatic rings. The second-order valence-electron chi connectivity index (χ2n) is 6.52. The third kappa shape index (κ3) is 3.62. The summed E-state index contributed by atoms with van der Waals surface area (Å²) in [6.07, 6.45) is 0.719. The van der Waals surface area contributed by atoms with Crippen molar-refractivity contribution in [2.45, 2.75) is 26.4 Å². The molecule has 29 heavy (non-hydrogen) atoms. The lowest BCUT2D eigenvalue weighted by Crippen LogP contribution is -2.12. The molecule has 3 N–H and O–H groups in total. The summed E-state index contributed by atoms with van der Waals surface area (Å²) in [5.74, 6) is 1.09. The Morgan fingerprint density at radius 3 is 2.59 bits per heavy atom. The van der Waals surface area contributed by atoms with Crippen LogP contribution < -0.4 is 15.8 Å². The standard InChI is InChI=1S/C21H23N7O/c1-3-16-19(23-13-14-8-5-4-6-9-14)25-20(27-26-16)28-17-11-7-10-15(12-22)18(17)24-21(28)29-2/h4-11H,3,12-13,22H2,1-2H3,(H,23,25,27). The lowest BCUT2D eigenvalue weighted by Gasteiger charge is -2.12. The average Bonchev–Trinajstić information content (AvgIpc) is 3.17. The molecule has 0 aliphatic rings. The Kier molecular flexibility index (Phi) is 5.35. The predicted octanol–water partition coefficient (Wildman–Crippen LogP) is 2.85. The highest BCUT2D eigenvalue weighted by Crippen LogP contribution is 2.27. The minimum atomic E-state index is 0.384. The van der Waals surface area contributed by atoms with Gasteiger partial charge in [-0.3, -0.25) is 0 Å². The van der Waals surface area contributed by atoms with Crippen molar-refractivity contribution in [2.24, 2.45) is 5.73 Å². The van der Waals surface area contributed by atoms with E-state index in [9.17, 15) is 0 Å². The number of aryl methyl sites for hydroxylation is 1. The first-order chi connectivity index (χ1) is 14.2. The van der Waals surface area contributed by atoms with Crippen molar-refractivity contribution in [3.05, 3.63) is 65.4 Å². The minimum absolute atomic E-state index is 0.384. The molecule has 0 atom stereocenters. The molecular weight excluding hydrogens is 366 g/mol. The SMILES string of the molecule is CCc1nnc(-n2c(OC)nc3c(CN)cccc32)nc1NCc1ccccc1. The van der Waals surface area contributed by atoms with E-state index in [1.165, 1.54) is 0 Å². The van der Waals surface area contributed by atoms with Crippen LogP contribution in [-0.2, 0) is 19.5 Å². The van der Waals surface area contributed by atoms with Gasteiger partial charge in [0.2, 0.25) is 0 Å². The Morgan fingerprint density at radius 1 is 1.03 bits per heavy atom. The van der Waals surface area contributed by atoms with Gasteiger partial charge in [-0.2, -0.15) is 9.97 Å². The molecule has 0 saturated heterocycles. The molecule has 2 heterocycles. The van der Waals surface area contributed by atoms with Crippen molar-refractivity contribution in [3.63, 3.8) is 0 Å². The summed E-state index contributed by atoms with van der Waals surface area (Å²) < 4.78 is 7.25. The number of rotatable bonds is 7. The number of anilines is 1. The molecular formula is C21H23N7O. The van der Waals surface area contributed by atoms with Crippen molar-refractivity contribution >= 4 is 16.9 Å². The van der Waals surface area contributed by atoms with Crippen LogP contribution in [0.5, 0.6) is 6.01 Å². The van der Waals surface area contributed by atoms with Crippen molar-refractivity contribution in [3.8, 4) is 12.0 Å². The number of nitrogens with two attached hydrogens (primary N) is 1. The van der Waals surface area contributed by atoms with E-state index >= 15 is 0 Å². The molecule has 0 aliphatic heterocycles. The summed E-state index contributed by atoms with van der Waals surface area (Å²) in [7, 11) is 1.57. The second-order valence-corrected chi connectivity index (χ2v) is 6.52. The maximum absolute atomic E-state index is 5.87. The van der Waals surface area contributed by atoms with E-state index < -0.39 is 0 Å². The third-order valence-corrected chi connectivity index (χ3v) is 4.72. The summed E-state index contributed by atoms with van der Waals surface area (Å²) >= 11 is 0. The van der Waals surface area contributed by atoms with E-state index in [-0.39, 0.29) is 0 Å². The van der Waals surface area contributed by atoms with Gasteiger partial charge in [0.15, 0.2) is 5.82 Å². The van der Waals surface area contributed by atoms with Crippen LogP contribution in [0.2, 0.25) is 0 Å². The summed E-state index contributed by atoms with van der Waals surface area (Å²) in [5.41, 5.74) is 10.4. The predicted molar refractivity (Wildman–Crippen MR) is 112 cm³/mol. The van der Waals surface area contributed by atoms with Crippen molar-refractivity contribution < 1.29 is 4.74 Å². The number of aromatic nitrogens is 5. The van der Waals surface area contributed by atoms with Gasteiger partial charge in [-0.05, 0) is 23.6 Å². The van der Waals surface area contributed by atoms with Gasteiger partial charge in [0.25, 0.3) is 5.95 Å². The largest absolute Gasteiger partial charge is 0.468 e. The highest BCUT2D eigenvalue weighted by Gasteiger charge is 2.19. The highest BCUT2D eigenvalue weighted by molar-refractivity contribution is 5.81. The molecule has 148 valence electrons. The van der Waals surface area contributed by atoms with Gasteiger partial charge < -0.3 is 15.8 Å². The van der Waals surface area contributed by atoms with Gasteiger partial charge >= 0.3 is 6.01 Å². The number of hydrogen-bond donors (Lipinski definition) is 2. The number of nitrogens with one attached hydrogen (secondary N) is 1. The number of benzene rings is 2. The minimum Gasteiger partial charge on any atom is -0.468 e. The number of imidazole rings is 1. The number of methoxy groups -OCH3 is 1. The Bertz CT molecular complexity index is 1120. The first-order valence-corrected chi connectivity index (χ1v) is 9.51. The second kappa shape index (κ2) is 8.24. The van der Waals surface area contributed by atoms with Crippen LogP contribution in [0.15, 0.2) is 48.5 Å². The Labute approximate surface area is 168 Å². The summed E-state index contributed by atoms with van der Waals surface area (Å²) in [4.78, 5) is 9.32. The summed E-state index contributed by atoms with van der Waals surface area (Å²) in [6.45, 7) is 3.06. The fraction of sp³-hybridized carbons (Fsp3) is 0.238. The number of nitrogens with zero attached hydrogens (tertiary/aromatic N) is 5. The normalized spacial score (nSPS) is 11.0. The third-order valence-electron chi connectivity index (χ3n) is 4.72. The molecule has 0 unspecified atom stereocenters. The van der Waals surface area contributed by atoms with Crippen LogP contribution >= 0.6 is 0 Å². The average molecular weight is 389 g/mol. The molecule has 0 amide bonds. The molecule has 8 heteroatoms. The van der Waals surface area contributed by atoms with Crippen molar-refractivity contribution in [1.29, 1.82) is 0 Å². The van der Waals surface area contributed by atoms with Gasteiger partial charge in [-0.1, -0.05) is 49.4 Å². The van der Waals surface area contributed by atoms with Crippen LogP contribution in [0, 0.1) is 0 Å². The lowest BCUT2D eigenvalue weighted by molar-refractivity contribution is 0.373. The number of ether oxygens (including phenoxy) is 1. The maximum atomic E-state index is 5.87. The van der Waals surface area contributed by atoms with E-state index in [1.54, 1.807) is 11.7 Å². The van der Waals surface area contributed by atoms with Gasteiger partial charge in [0.05, 0.1) is 18.1 Å². The topological polar surface area (TPSA) is 104 Å². The zero-order chi connectivity index (χ0) is 20.2. The van der Waals surface area contributed by atoms with Gasteiger partial charge in [-0.25, -0.2) is 4.57 Å². The number of fused-ring (bicyclic) bond motifs is 1. The first kappa shape index (κ1) is 18.8. The van der Waals surface area contributed by atoms with Gasteiger partial charge in [-0.15, -0.1) is 10.2 Å². The van der Waals surface area contributed by atoms with Gasteiger partial charge in [0.1, 0.15) is 5.69 Å². The Hall–Kier alpha value is -3.52. The van der Waals surface area contributed by atoms with Crippen molar-refractivity contribution in [1.82, 2.24) is 24.7 Å². The highest BCUT2D eigenvalue weighted by atomic mass is 16.5. The molecule has 0 fully saturated rings. The quantitative estimate of drug-likeness (QED) is 0.501. The zero-order valence-electron chi connectivity index (χ0n) is 16.5. The fourth-order valence-electron chi connectivity index (χ4n) is 3.23. The number of para-hydroxylation sites is 1. The summed E-state index contributed by atoms with van der Waals surface area (Å²) in [6, 6.07) is 16.4. The molecule has 0 spiro atoms. The van der Waals surface area contributed by atoms with Crippen LogP contribution in [-0.4, -0.2) is 31.8 Å². The molecule has 4 rings (SSSR count). The maximum Gasteiger partial charge on any atom is 0.304 e. The van der Waals surface area contributed by atoms with Crippen LogP contribution in [0.3, 0.4) is 0 Å². The monoisotopic (exact) mass is 389 g/mol. The molecule has 0 radical (unpaired) electrons. The molecule has 0 bridgehead atoms. The first-order valence-electron chi connectivity index (χ1n) is 9.51. The Balaban J connectivity index is 1.77. The van der Waals surface area contributed by atoms with E-state index in [2.05, 4.69) is 32.6 Å². The molecule has 2 aromatic carbocycles. The fourth-order valence-corrected chi connectivity index (χ4v) is 3.23. The van der Waals surface area contributed by atoms with Crippen LogP contribution in [0.1, 0.15) is 23.7 Å².